The van der Waals surface area contributed by atoms with Gasteiger partial charge in [0.05, 0.1) is 18.0 Å². The standard InChI is InChI=1S/C16H17NO3S/c1-11(12-7-5-4-6-8-12)17(2)15(18)13-9-10-14(21-13)16(19)20-3/h4-11H,1-3H3. The van der Waals surface area contributed by atoms with Gasteiger partial charge in [-0.05, 0) is 24.6 Å². The molecule has 1 atom stereocenters. The Morgan fingerprint density at radius 3 is 2.33 bits per heavy atom. The summed E-state index contributed by atoms with van der Waals surface area (Å²) in [4.78, 5) is 26.5. The Balaban J connectivity index is 2.16. The second kappa shape index (κ2) is 6.54. The first kappa shape index (κ1) is 15.3. The topological polar surface area (TPSA) is 46.6 Å². The summed E-state index contributed by atoms with van der Waals surface area (Å²) in [5.41, 5.74) is 1.07. The van der Waals surface area contributed by atoms with Crippen LogP contribution < -0.4 is 0 Å². The quantitative estimate of drug-likeness (QED) is 0.814. The lowest BCUT2D eigenvalue weighted by Crippen LogP contribution is -2.29. The molecule has 0 aliphatic rings. The molecule has 110 valence electrons. The molecule has 0 N–H and O–H groups in total. The Morgan fingerprint density at radius 2 is 1.71 bits per heavy atom. The van der Waals surface area contributed by atoms with Gasteiger partial charge in [0.25, 0.3) is 5.91 Å². The van der Waals surface area contributed by atoms with Crippen LogP contribution in [-0.2, 0) is 4.74 Å². The van der Waals surface area contributed by atoms with Crippen molar-refractivity contribution >= 4 is 23.2 Å². The van der Waals surface area contributed by atoms with Gasteiger partial charge in [0, 0.05) is 7.05 Å². The number of methoxy groups -OCH3 is 1. The summed E-state index contributed by atoms with van der Waals surface area (Å²) in [7, 11) is 3.09. The Hall–Kier alpha value is -2.14. The van der Waals surface area contributed by atoms with Crippen LogP contribution in [0.5, 0.6) is 0 Å². The van der Waals surface area contributed by atoms with E-state index >= 15 is 0 Å². The van der Waals surface area contributed by atoms with Crippen molar-refractivity contribution in [1.82, 2.24) is 4.90 Å². The third kappa shape index (κ3) is 3.31. The number of carbonyl (C=O) groups is 2. The first-order chi connectivity index (χ1) is 10.0. The molecule has 0 spiro atoms. The first-order valence-corrected chi connectivity index (χ1v) is 7.36. The second-order valence-corrected chi connectivity index (χ2v) is 5.74. The van der Waals surface area contributed by atoms with Crippen molar-refractivity contribution in [3.05, 3.63) is 57.8 Å². The molecule has 0 saturated carbocycles. The van der Waals surface area contributed by atoms with Crippen LogP contribution in [0.2, 0.25) is 0 Å². The molecular formula is C16H17NO3S. The van der Waals surface area contributed by atoms with Crippen LogP contribution in [0.15, 0.2) is 42.5 Å². The molecule has 0 fully saturated rings. The molecular weight excluding hydrogens is 286 g/mol. The number of rotatable bonds is 4. The number of hydrogen-bond donors (Lipinski definition) is 0. The SMILES string of the molecule is COC(=O)c1ccc(C(=O)N(C)C(C)c2ccccc2)s1. The van der Waals surface area contributed by atoms with Crippen molar-refractivity contribution in [3.63, 3.8) is 0 Å². The molecule has 5 heteroatoms. The lowest BCUT2D eigenvalue weighted by molar-refractivity contribution is 0.0606. The average molecular weight is 303 g/mol. The fourth-order valence-corrected chi connectivity index (χ4v) is 2.88. The van der Waals surface area contributed by atoms with E-state index in [1.165, 1.54) is 7.11 Å². The maximum Gasteiger partial charge on any atom is 0.348 e. The van der Waals surface area contributed by atoms with E-state index in [0.29, 0.717) is 9.75 Å². The monoisotopic (exact) mass is 303 g/mol. The van der Waals surface area contributed by atoms with Gasteiger partial charge >= 0.3 is 5.97 Å². The Kier molecular flexibility index (Phi) is 4.75. The predicted molar refractivity (Wildman–Crippen MR) is 82.6 cm³/mol. The van der Waals surface area contributed by atoms with Crippen LogP contribution in [-0.4, -0.2) is 30.9 Å². The van der Waals surface area contributed by atoms with E-state index < -0.39 is 5.97 Å². The molecule has 1 unspecified atom stereocenters. The van der Waals surface area contributed by atoms with Gasteiger partial charge in [-0.15, -0.1) is 11.3 Å². The van der Waals surface area contributed by atoms with Crippen molar-refractivity contribution in [2.24, 2.45) is 0 Å². The fourth-order valence-electron chi connectivity index (χ4n) is 1.97. The van der Waals surface area contributed by atoms with Gasteiger partial charge in [-0.3, -0.25) is 4.79 Å². The highest BCUT2D eigenvalue weighted by Gasteiger charge is 2.21. The van der Waals surface area contributed by atoms with Crippen LogP contribution in [0.25, 0.3) is 0 Å². The van der Waals surface area contributed by atoms with Gasteiger partial charge in [0.15, 0.2) is 0 Å². The van der Waals surface area contributed by atoms with Crippen LogP contribution in [0.3, 0.4) is 0 Å². The molecule has 4 nitrogen and oxygen atoms in total. The second-order valence-electron chi connectivity index (χ2n) is 4.66. The van der Waals surface area contributed by atoms with Crippen LogP contribution in [0, 0.1) is 0 Å². The maximum atomic E-state index is 12.5. The average Bonchev–Trinajstić information content (AvgIpc) is 3.02. The number of benzene rings is 1. The number of ether oxygens (including phenoxy) is 1. The molecule has 2 aromatic rings. The third-order valence-corrected chi connectivity index (χ3v) is 4.44. The molecule has 21 heavy (non-hydrogen) atoms. The van der Waals surface area contributed by atoms with Crippen LogP contribution >= 0.6 is 11.3 Å². The number of esters is 1. The van der Waals surface area contributed by atoms with Crippen LogP contribution in [0.4, 0.5) is 0 Å². The molecule has 1 aromatic carbocycles. The Bertz CT molecular complexity index is 636. The zero-order valence-electron chi connectivity index (χ0n) is 12.2. The lowest BCUT2D eigenvalue weighted by Gasteiger charge is -2.24. The van der Waals surface area contributed by atoms with Gasteiger partial charge in [-0.2, -0.15) is 0 Å². The normalized spacial score (nSPS) is 11.8. The number of amides is 1. The molecule has 1 aromatic heterocycles. The van der Waals surface area contributed by atoms with Gasteiger partial charge < -0.3 is 9.64 Å². The highest BCUT2D eigenvalue weighted by Crippen LogP contribution is 2.24. The third-order valence-electron chi connectivity index (χ3n) is 3.39. The van der Waals surface area contributed by atoms with E-state index in [1.807, 2.05) is 37.3 Å². The van der Waals surface area contributed by atoms with E-state index in [4.69, 9.17) is 0 Å². The number of hydrogen-bond acceptors (Lipinski definition) is 4. The minimum atomic E-state index is -0.419. The zero-order valence-corrected chi connectivity index (χ0v) is 13.0. The number of nitrogens with zero attached hydrogens (tertiary/aromatic N) is 1. The summed E-state index contributed by atoms with van der Waals surface area (Å²) in [5.74, 6) is -0.524. The largest absolute Gasteiger partial charge is 0.465 e. The van der Waals surface area contributed by atoms with Crippen molar-refractivity contribution < 1.29 is 14.3 Å². The van der Waals surface area contributed by atoms with Crippen LogP contribution in [0.1, 0.15) is 37.9 Å². The van der Waals surface area contributed by atoms with Crippen molar-refractivity contribution in [2.75, 3.05) is 14.2 Å². The maximum absolute atomic E-state index is 12.5. The molecule has 1 heterocycles. The van der Waals surface area contributed by atoms with Gasteiger partial charge in [-0.1, -0.05) is 30.3 Å². The van der Waals surface area contributed by atoms with Crippen molar-refractivity contribution in [1.29, 1.82) is 0 Å². The number of carbonyl (C=O) groups excluding carboxylic acids is 2. The van der Waals surface area contributed by atoms with E-state index in [2.05, 4.69) is 4.74 Å². The smallest absolute Gasteiger partial charge is 0.348 e. The minimum Gasteiger partial charge on any atom is -0.465 e. The van der Waals surface area contributed by atoms with Gasteiger partial charge in [-0.25, -0.2) is 4.79 Å². The molecule has 2 rings (SSSR count). The van der Waals surface area contributed by atoms with E-state index in [-0.39, 0.29) is 11.9 Å². The summed E-state index contributed by atoms with van der Waals surface area (Å²) >= 11 is 1.15. The molecule has 0 radical (unpaired) electrons. The minimum absolute atomic E-state index is 0.0395. The Labute approximate surface area is 128 Å². The molecule has 0 bridgehead atoms. The van der Waals surface area contributed by atoms with Gasteiger partial charge in [0.2, 0.25) is 0 Å². The predicted octanol–water partition coefficient (Wildman–Crippen LogP) is 3.37. The van der Waals surface area contributed by atoms with Crippen molar-refractivity contribution in [3.8, 4) is 0 Å². The van der Waals surface area contributed by atoms with E-state index in [9.17, 15) is 9.59 Å². The van der Waals surface area contributed by atoms with Gasteiger partial charge in [0.1, 0.15) is 4.88 Å². The first-order valence-electron chi connectivity index (χ1n) is 6.55. The summed E-state index contributed by atoms with van der Waals surface area (Å²) in [6.07, 6.45) is 0. The van der Waals surface area contributed by atoms with Crippen molar-refractivity contribution in [2.45, 2.75) is 13.0 Å². The highest BCUT2D eigenvalue weighted by atomic mass is 32.1. The fraction of sp³-hybridized carbons (Fsp3) is 0.250. The summed E-state index contributed by atoms with van der Waals surface area (Å²) in [6.45, 7) is 1.97. The molecule has 0 saturated heterocycles. The summed E-state index contributed by atoms with van der Waals surface area (Å²) in [5, 5.41) is 0. The summed E-state index contributed by atoms with van der Waals surface area (Å²) in [6, 6.07) is 13.1. The summed E-state index contributed by atoms with van der Waals surface area (Å²) < 4.78 is 4.65. The molecule has 1 amide bonds. The molecule has 0 aliphatic carbocycles. The number of thiophene rings is 1. The van der Waals surface area contributed by atoms with E-state index in [1.54, 1.807) is 24.1 Å². The zero-order chi connectivity index (χ0) is 15.4. The molecule has 0 aliphatic heterocycles. The lowest BCUT2D eigenvalue weighted by atomic mass is 10.1. The van der Waals surface area contributed by atoms with E-state index in [0.717, 1.165) is 16.9 Å². The Morgan fingerprint density at radius 1 is 1.10 bits per heavy atom. The highest BCUT2D eigenvalue weighted by molar-refractivity contribution is 7.15.